The zero-order valence-electron chi connectivity index (χ0n) is 22.1. The summed E-state index contributed by atoms with van der Waals surface area (Å²) in [6.07, 6.45) is 0.263. The van der Waals surface area contributed by atoms with E-state index in [1.807, 2.05) is 12.1 Å². The van der Waals surface area contributed by atoms with Gasteiger partial charge in [-0.15, -0.1) is 0 Å². The van der Waals surface area contributed by atoms with E-state index in [2.05, 4.69) is 27.4 Å². The summed E-state index contributed by atoms with van der Waals surface area (Å²) >= 11 is 0. The summed E-state index contributed by atoms with van der Waals surface area (Å²) in [5.41, 5.74) is 0.275. The van der Waals surface area contributed by atoms with E-state index >= 15 is 0 Å². The van der Waals surface area contributed by atoms with Crippen LogP contribution in [0.1, 0.15) is 35.5 Å². The number of anilines is 1. The van der Waals surface area contributed by atoms with E-state index in [9.17, 15) is 18.8 Å². The molecule has 206 valence electrons. The highest BCUT2D eigenvalue weighted by Gasteiger charge is 2.40. The average molecular weight is 539 g/mol. The molecule has 0 spiro atoms. The lowest BCUT2D eigenvalue weighted by Crippen LogP contribution is -2.53. The van der Waals surface area contributed by atoms with Crippen molar-refractivity contribution in [1.82, 2.24) is 25.4 Å². The number of hydrogen-bond donors (Lipinski definition) is 2. The molecule has 2 aromatic heterocycles. The SMILES string of the molecule is CCN1CCN(c2ccc3oc([C@](C)(CN4Cc5ccc(OC)c(F)c5C4=O)NC(=O)NC=O)cc3n2)CC1. The van der Waals surface area contributed by atoms with Gasteiger partial charge in [0, 0.05) is 38.8 Å². The Labute approximate surface area is 224 Å². The summed E-state index contributed by atoms with van der Waals surface area (Å²) < 4.78 is 26.1. The normalized spacial score (nSPS) is 17.2. The van der Waals surface area contributed by atoms with Crippen LogP contribution in [0.25, 0.3) is 11.1 Å². The number of carbonyl (C=O) groups excluding carboxylic acids is 3. The number of likely N-dealkylation sites (N-methyl/N-ethyl adjacent to an activating group) is 1. The van der Waals surface area contributed by atoms with Gasteiger partial charge in [-0.3, -0.25) is 14.9 Å². The molecule has 4 amide bonds. The number of nitrogens with one attached hydrogen (secondary N) is 2. The number of hydrogen-bond acceptors (Lipinski definition) is 8. The van der Waals surface area contributed by atoms with E-state index < -0.39 is 23.3 Å². The third-order valence-electron chi connectivity index (χ3n) is 7.41. The van der Waals surface area contributed by atoms with Crippen LogP contribution in [-0.4, -0.2) is 79.5 Å². The summed E-state index contributed by atoms with van der Waals surface area (Å²) in [7, 11) is 1.33. The fraction of sp³-hybridized carbons (Fsp3) is 0.407. The van der Waals surface area contributed by atoms with Gasteiger partial charge < -0.3 is 29.2 Å². The Morgan fingerprint density at radius 1 is 1.23 bits per heavy atom. The predicted octanol–water partition coefficient (Wildman–Crippen LogP) is 2.44. The quantitative estimate of drug-likeness (QED) is 0.420. The molecule has 0 aliphatic carbocycles. The van der Waals surface area contributed by atoms with Gasteiger partial charge in [0.1, 0.15) is 22.6 Å². The molecule has 0 bridgehead atoms. The Morgan fingerprint density at radius 2 is 2.00 bits per heavy atom. The lowest BCUT2D eigenvalue weighted by molar-refractivity contribution is -0.108. The van der Waals surface area contributed by atoms with Crippen molar-refractivity contribution in [3.8, 4) is 5.75 Å². The number of rotatable bonds is 8. The molecule has 1 saturated heterocycles. The van der Waals surface area contributed by atoms with E-state index in [0.29, 0.717) is 22.4 Å². The van der Waals surface area contributed by atoms with Gasteiger partial charge in [-0.25, -0.2) is 14.2 Å². The minimum atomic E-state index is -1.28. The molecule has 0 unspecified atom stereocenters. The van der Waals surface area contributed by atoms with Gasteiger partial charge in [0.25, 0.3) is 5.91 Å². The largest absolute Gasteiger partial charge is 0.494 e. The second kappa shape index (κ2) is 10.5. The van der Waals surface area contributed by atoms with Crippen molar-refractivity contribution in [2.24, 2.45) is 0 Å². The topological polar surface area (TPSA) is 120 Å². The number of carbonyl (C=O) groups is 3. The number of aromatic nitrogens is 1. The third-order valence-corrected chi connectivity index (χ3v) is 7.41. The number of amides is 4. The first kappa shape index (κ1) is 26.4. The van der Waals surface area contributed by atoms with Crippen molar-refractivity contribution in [2.45, 2.75) is 25.9 Å². The molecule has 3 aromatic rings. The number of benzene rings is 1. The van der Waals surface area contributed by atoms with Crippen molar-refractivity contribution >= 4 is 35.3 Å². The van der Waals surface area contributed by atoms with E-state index in [1.165, 1.54) is 18.1 Å². The number of halogens is 1. The van der Waals surface area contributed by atoms with Gasteiger partial charge >= 0.3 is 6.03 Å². The first-order valence-electron chi connectivity index (χ1n) is 12.8. The molecule has 1 fully saturated rings. The summed E-state index contributed by atoms with van der Waals surface area (Å²) in [5, 5.41) is 4.81. The Kier molecular flexibility index (Phi) is 7.13. The molecular weight excluding hydrogens is 507 g/mol. The maximum Gasteiger partial charge on any atom is 0.322 e. The monoisotopic (exact) mass is 538 g/mol. The van der Waals surface area contributed by atoms with Crippen molar-refractivity contribution in [3.05, 3.63) is 53.0 Å². The molecule has 2 N–H and O–H groups in total. The number of furan rings is 1. The number of nitrogens with zero attached hydrogens (tertiary/aromatic N) is 4. The van der Waals surface area contributed by atoms with Gasteiger partial charge in [0.05, 0.1) is 19.2 Å². The number of fused-ring (bicyclic) bond motifs is 2. The van der Waals surface area contributed by atoms with Crippen LogP contribution in [0.2, 0.25) is 0 Å². The average Bonchev–Trinajstić information content (AvgIpc) is 3.50. The summed E-state index contributed by atoms with van der Waals surface area (Å²) in [6.45, 7) is 8.55. The first-order valence-corrected chi connectivity index (χ1v) is 12.8. The molecule has 12 heteroatoms. The maximum atomic E-state index is 14.9. The highest BCUT2D eigenvalue weighted by atomic mass is 19.1. The molecule has 1 aromatic carbocycles. The predicted molar refractivity (Wildman–Crippen MR) is 141 cm³/mol. The molecule has 0 saturated carbocycles. The smallest absolute Gasteiger partial charge is 0.322 e. The van der Waals surface area contributed by atoms with Gasteiger partial charge in [0.15, 0.2) is 17.1 Å². The van der Waals surface area contributed by atoms with Crippen molar-refractivity contribution in [3.63, 3.8) is 0 Å². The zero-order valence-corrected chi connectivity index (χ0v) is 22.1. The Bertz CT molecular complexity index is 1420. The summed E-state index contributed by atoms with van der Waals surface area (Å²) in [4.78, 5) is 47.4. The molecular formula is C27H31FN6O5. The van der Waals surface area contributed by atoms with Crippen LogP contribution in [0.4, 0.5) is 15.0 Å². The van der Waals surface area contributed by atoms with Gasteiger partial charge in [-0.2, -0.15) is 0 Å². The van der Waals surface area contributed by atoms with Gasteiger partial charge in [-0.05, 0) is 37.2 Å². The summed E-state index contributed by atoms with van der Waals surface area (Å²) in [5.74, 6) is -0.121. The molecule has 4 heterocycles. The Morgan fingerprint density at radius 3 is 2.69 bits per heavy atom. The van der Waals surface area contributed by atoms with Crippen molar-refractivity contribution < 1.29 is 27.9 Å². The molecule has 11 nitrogen and oxygen atoms in total. The van der Waals surface area contributed by atoms with Crippen LogP contribution in [0.5, 0.6) is 5.75 Å². The van der Waals surface area contributed by atoms with Crippen LogP contribution < -0.4 is 20.3 Å². The maximum absolute atomic E-state index is 14.9. The molecule has 2 aliphatic heterocycles. The number of ether oxygens (including phenoxy) is 1. The van der Waals surface area contributed by atoms with Crippen molar-refractivity contribution in [1.29, 1.82) is 0 Å². The highest BCUT2D eigenvalue weighted by molar-refractivity contribution is 5.99. The molecule has 1 atom stereocenters. The van der Waals surface area contributed by atoms with E-state index in [-0.39, 0.29) is 30.8 Å². The van der Waals surface area contributed by atoms with Crippen molar-refractivity contribution in [2.75, 3.05) is 51.3 Å². The second-order valence-electron chi connectivity index (χ2n) is 9.91. The van der Waals surface area contributed by atoms with Crippen LogP contribution >= 0.6 is 0 Å². The summed E-state index contributed by atoms with van der Waals surface area (Å²) in [6, 6.07) is 7.80. The van der Waals surface area contributed by atoms with Crippen LogP contribution in [0, 0.1) is 5.82 Å². The van der Waals surface area contributed by atoms with Gasteiger partial charge in [0.2, 0.25) is 6.41 Å². The van der Waals surface area contributed by atoms with Crippen LogP contribution in [0.3, 0.4) is 0 Å². The number of imide groups is 1. The van der Waals surface area contributed by atoms with Gasteiger partial charge in [-0.1, -0.05) is 13.0 Å². The molecule has 0 radical (unpaired) electrons. The Balaban J connectivity index is 1.44. The van der Waals surface area contributed by atoms with E-state index in [0.717, 1.165) is 38.5 Å². The Hall–Kier alpha value is -4.19. The standard InChI is InChI=1S/C27H31FN6O5/c1-4-32-9-11-33(12-10-32)22-8-7-19-18(30-22)13-21(39-19)27(2,31-26(37)29-16-35)15-34-14-17-5-6-20(38-3)24(28)23(17)25(34)36/h5-8,13,16H,4,9-12,14-15H2,1-3H3,(H2,29,31,35,37)/t27-/m0/s1. The number of methoxy groups -OCH3 is 1. The number of pyridine rings is 1. The lowest BCUT2D eigenvalue weighted by atomic mass is 9.98. The minimum Gasteiger partial charge on any atom is -0.494 e. The first-order chi connectivity index (χ1) is 18.8. The molecule has 5 rings (SSSR count). The number of urea groups is 1. The zero-order chi connectivity index (χ0) is 27.7. The van der Waals surface area contributed by atoms with Crippen LogP contribution in [0.15, 0.2) is 34.7 Å². The minimum absolute atomic E-state index is 0.0227. The van der Waals surface area contributed by atoms with E-state index in [4.69, 9.17) is 14.1 Å². The third kappa shape index (κ3) is 4.99. The molecule has 2 aliphatic rings. The van der Waals surface area contributed by atoms with E-state index in [1.54, 1.807) is 19.1 Å². The molecule has 39 heavy (non-hydrogen) atoms. The second-order valence-corrected chi connectivity index (χ2v) is 9.91. The fourth-order valence-electron chi connectivity index (χ4n) is 5.24. The fourth-order valence-corrected chi connectivity index (χ4v) is 5.24. The lowest BCUT2D eigenvalue weighted by Gasteiger charge is -2.34. The van der Waals surface area contributed by atoms with Crippen LogP contribution in [-0.2, 0) is 16.9 Å². The highest BCUT2D eigenvalue weighted by Crippen LogP contribution is 2.35. The number of piperazine rings is 1.